The lowest BCUT2D eigenvalue weighted by Gasteiger charge is -2.25. The topological polar surface area (TPSA) is 47.9 Å². The van der Waals surface area contributed by atoms with E-state index in [0.717, 1.165) is 35.1 Å². The van der Waals surface area contributed by atoms with E-state index in [1.165, 1.54) is 12.8 Å². The van der Waals surface area contributed by atoms with Gasteiger partial charge in [-0.15, -0.1) is 0 Å². The maximum Gasteiger partial charge on any atom is 0.0998 e. The molecule has 2 aromatic carbocycles. The van der Waals surface area contributed by atoms with Gasteiger partial charge in [0.25, 0.3) is 0 Å². The first-order valence-electron chi connectivity index (χ1n) is 6.77. The Hall–Kier alpha value is -2.05. The quantitative estimate of drug-likeness (QED) is 0.862. The smallest absolute Gasteiger partial charge is 0.0998 e. The van der Waals surface area contributed by atoms with Crippen LogP contribution in [0.25, 0.3) is 10.8 Å². The Balaban J connectivity index is 1.97. The molecule has 1 saturated heterocycles. The highest BCUT2D eigenvalue weighted by atomic mass is 15.0. The summed E-state index contributed by atoms with van der Waals surface area (Å²) in [6, 6.07) is 14.8. The van der Waals surface area contributed by atoms with Gasteiger partial charge < -0.3 is 10.6 Å². The second-order valence-electron chi connectivity index (χ2n) is 5.01. The second-order valence-corrected chi connectivity index (χ2v) is 5.01. The molecule has 1 unspecified atom stereocenters. The standard InChI is InChI=1S/C16H17N3/c17-10-12-7-8-16(15-6-2-1-5-14(12)15)19-13-4-3-9-18-11-13/h1-2,5-8,13,18-19H,3-4,9,11H2. The molecule has 96 valence electrons. The predicted octanol–water partition coefficient (Wildman–Crippen LogP) is 2.88. The van der Waals surface area contributed by atoms with E-state index in [9.17, 15) is 0 Å². The number of rotatable bonds is 2. The number of fused-ring (bicyclic) bond motifs is 1. The fraction of sp³-hybridized carbons (Fsp3) is 0.312. The third kappa shape index (κ3) is 2.40. The van der Waals surface area contributed by atoms with Gasteiger partial charge in [0, 0.05) is 29.0 Å². The molecule has 19 heavy (non-hydrogen) atoms. The van der Waals surface area contributed by atoms with Crippen LogP contribution in [0.4, 0.5) is 5.69 Å². The molecule has 0 radical (unpaired) electrons. The lowest BCUT2D eigenvalue weighted by atomic mass is 10.0. The minimum atomic E-state index is 0.477. The Labute approximate surface area is 113 Å². The summed E-state index contributed by atoms with van der Waals surface area (Å²) in [5.74, 6) is 0. The van der Waals surface area contributed by atoms with E-state index in [0.29, 0.717) is 6.04 Å². The molecule has 3 nitrogen and oxygen atoms in total. The van der Waals surface area contributed by atoms with E-state index < -0.39 is 0 Å². The molecule has 1 aliphatic heterocycles. The zero-order valence-corrected chi connectivity index (χ0v) is 10.8. The molecule has 2 N–H and O–H groups in total. The number of hydrogen-bond donors (Lipinski definition) is 2. The Bertz CT molecular complexity index is 621. The van der Waals surface area contributed by atoms with Crippen molar-refractivity contribution in [2.75, 3.05) is 18.4 Å². The van der Waals surface area contributed by atoms with Crippen molar-refractivity contribution in [2.24, 2.45) is 0 Å². The van der Waals surface area contributed by atoms with Crippen LogP contribution in [0.3, 0.4) is 0 Å². The third-order valence-electron chi connectivity index (χ3n) is 3.70. The van der Waals surface area contributed by atoms with Crippen LogP contribution >= 0.6 is 0 Å². The minimum Gasteiger partial charge on any atom is -0.381 e. The molecule has 1 fully saturated rings. The second kappa shape index (κ2) is 5.29. The van der Waals surface area contributed by atoms with E-state index in [1.54, 1.807) is 0 Å². The zero-order valence-electron chi connectivity index (χ0n) is 10.8. The molecule has 0 spiro atoms. The van der Waals surface area contributed by atoms with Crippen LogP contribution in [0.5, 0.6) is 0 Å². The lowest BCUT2D eigenvalue weighted by Crippen LogP contribution is -2.38. The maximum absolute atomic E-state index is 9.17. The van der Waals surface area contributed by atoms with Crippen molar-refractivity contribution >= 4 is 16.5 Å². The highest BCUT2D eigenvalue weighted by Crippen LogP contribution is 2.27. The van der Waals surface area contributed by atoms with E-state index >= 15 is 0 Å². The van der Waals surface area contributed by atoms with Crippen molar-refractivity contribution in [3.05, 3.63) is 42.0 Å². The molecule has 3 rings (SSSR count). The maximum atomic E-state index is 9.17. The van der Waals surface area contributed by atoms with E-state index in [-0.39, 0.29) is 0 Å². The first-order chi connectivity index (χ1) is 9.38. The molecule has 1 atom stereocenters. The fourth-order valence-corrected chi connectivity index (χ4v) is 2.72. The average Bonchev–Trinajstić information content (AvgIpc) is 2.49. The van der Waals surface area contributed by atoms with E-state index in [4.69, 9.17) is 5.26 Å². The van der Waals surface area contributed by atoms with E-state index in [2.05, 4.69) is 22.8 Å². The summed E-state index contributed by atoms with van der Waals surface area (Å²) in [4.78, 5) is 0. The van der Waals surface area contributed by atoms with Crippen molar-refractivity contribution in [3.8, 4) is 6.07 Å². The lowest BCUT2D eigenvalue weighted by molar-refractivity contribution is 0.480. The van der Waals surface area contributed by atoms with Gasteiger partial charge in [-0.05, 0) is 31.5 Å². The molecule has 0 bridgehead atoms. The first-order valence-corrected chi connectivity index (χ1v) is 6.77. The van der Waals surface area contributed by atoms with Gasteiger partial charge in [0.1, 0.15) is 0 Å². The van der Waals surface area contributed by atoms with Crippen LogP contribution in [0.1, 0.15) is 18.4 Å². The Morgan fingerprint density at radius 2 is 2.00 bits per heavy atom. The van der Waals surface area contributed by atoms with Crippen LogP contribution in [0.15, 0.2) is 36.4 Å². The van der Waals surface area contributed by atoms with E-state index in [1.807, 2.05) is 30.3 Å². The number of benzene rings is 2. The summed E-state index contributed by atoms with van der Waals surface area (Å²) >= 11 is 0. The molecule has 0 aromatic heterocycles. The van der Waals surface area contributed by atoms with Gasteiger partial charge in [0.2, 0.25) is 0 Å². The molecule has 1 aliphatic rings. The summed E-state index contributed by atoms with van der Waals surface area (Å²) in [7, 11) is 0. The van der Waals surface area contributed by atoms with Crippen LogP contribution in [-0.2, 0) is 0 Å². The van der Waals surface area contributed by atoms with Crippen molar-refractivity contribution in [2.45, 2.75) is 18.9 Å². The molecule has 1 heterocycles. The van der Waals surface area contributed by atoms with Crippen LogP contribution in [0.2, 0.25) is 0 Å². The summed E-state index contributed by atoms with van der Waals surface area (Å²) < 4.78 is 0. The van der Waals surface area contributed by atoms with Gasteiger partial charge in [-0.2, -0.15) is 5.26 Å². The summed E-state index contributed by atoms with van der Waals surface area (Å²) in [5.41, 5.74) is 1.87. The minimum absolute atomic E-state index is 0.477. The van der Waals surface area contributed by atoms with Crippen molar-refractivity contribution in [3.63, 3.8) is 0 Å². The largest absolute Gasteiger partial charge is 0.381 e. The van der Waals surface area contributed by atoms with Crippen molar-refractivity contribution < 1.29 is 0 Å². The SMILES string of the molecule is N#Cc1ccc(NC2CCCNC2)c2ccccc12. The normalized spacial score (nSPS) is 19.0. The van der Waals surface area contributed by atoms with Gasteiger partial charge >= 0.3 is 0 Å². The zero-order chi connectivity index (χ0) is 13.1. The third-order valence-corrected chi connectivity index (χ3v) is 3.70. The summed E-state index contributed by atoms with van der Waals surface area (Å²) in [5, 5.41) is 18.3. The Kier molecular flexibility index (Phi) is 3.35. The number of nitrogens with zero attached hydrogens (tertiary/aromatic N) is 1. The number of nitrogens with one attached hydrogen (secondary N) is 2. The molecular formula is C16H17N3. The van der Waals surface area contributed by atoms with Crippen LogP contribution < -0.4 is 10.6 Å². The van der Waals surface area contributed by atoms with Gasteiger partial charge in [-0.1, -0.05) is 24.3 Å². The van der Waals surface area contributed by atoms with Crippen LogP contribution in [-0.4, -0.2) is 19.1 Å². The number of piperidine rings is 1. The highest BCUT2D eigenvalue weighted by molar-refractivity contribution is 5.97. The van der Waals surface area contributed by atoms with Gasteiger partial charge in [-0.25, -0.2) is 0 Å². The van der Waals surface area contributed by atoms with Gasteiger partial charge in [0.05, 0.1) is 11.6 Å². The average molecular weight is 251 g/mol. The number of nitriles is 1. The molecule has 0 amide bonds. The predicted molar refractivity (Wildman–Crippen MR) is 78.2 cm³/mol. The molecule has 3 heteroatoms. The van der Waals surface area contributed by atoms with Crippen LogP contribution in [0, 0.1) is 11.3 Å². The number of anilines is 1. The molecule has 0 saturated carbocycles. The summed E-state index contributed by atoms with van der Waals surface area (Å²) in [6.07, 6.45) is 2.41. The molecule has 0 aliphatic carbocycles. The Morgan fingerprint density at radius 1 is 1.16 bits per heavy atom. The van der Waals surface area contributed by atoms with Crippen molar-refractivity contribution in [1.29, 1.82) is 5.26 Å². The fourth-order valence-electron chi connectivity index (χ4n) is 2.72. The summed E-state index contributed by atoms with van der Waals surface area (Å²) in [6.45, 7) is 2.13. The van der Waals surface area contributed by atoms with Crippen molar-refractivity contribution in [1.82, 2.24) is 5.32 Å². The number of hydrogen-bond acceptors (Lipinski definition) is 3. The monoisotopic (exact) mass is 251 g/mol. The molecular weight excluding hydrogens is 234 g/mol. The first kappa shape index (κ1) is 12.0. The molecule has 2 aromatic rings. The Morgan fingerprint density at radius 3 is 2.74 bits per heavy atom. The highest BCUT2D eigenvalue weighted by Gasteiger charge is 2.14. The van der Waals surface area contributed by atoms with Gasteiger partial charge in [-0.3, -0.25) is 0 Å². The van der Waals surface area contributed by atoms with Gasteiger partial charge in [0.15, 0.2) is 0 Å².